The fourth-order valence-corrected chi connectivity index (χ4v) is 7.40. The maximum Gasteiger partial charge on any atom is 0.160 e. The van der Waals surface area contributed by atoms with Gasteiger partial charge in [0.1, 0.15) is 5.01 Å². The lowest BCUT2D eigenvalue weighted by molar-refractivity contribution is 1.16. The Hall–Kier alpha value is -5.91. The molecule has 6 aromatic carbocycles. The molecule has 4 nitrogen and oxygen atoms in total. The molecule has 0 N–H and O–H groups in total. The van der Waals surface area contributed by atoms with E-state index in [1.165, 1.54) is 26.5 Å². The number of thiazole rings is 1. The number of hydrogen-bond acceptors (Lipinski definition) is 4. The first-order valence-electron chi connectivity index (χ1n) is 15.3. The van der Waals surface area contributed by atoms with Crippen LogP contribution in [0.25, 0.3) is 82.2 Å². The molecule has 3 heterocycles. The number of aromatic nitrogens is 4. The van der Waals surface area contributed by atoms with Crippen molar-refractivity contribution in [1.29, 1.82) is 0 Å². The van der Waals surface area contributed by atoms with E-state index in [0.29, 0.717) is 5.82 Å². The molecular formula is C41H26N4S. The molecule has 0 fully saturated rings. The molecule has 9 aromatic rings. The first kappa shape index (κ1) is 26.5. The van der Waals surface area contributed by atoms with E-state index in [2.05, 4.69) is 120 Å². The summed E-state index contributed by atoms with van der Waals surface area (Å²) < 4.78 is 3.56. The number of hydrogen-bond donors (Lipinski definition) is 0. The summed E-state index contributed by atoms with van der Waals surface area (Å²) in [7, 11) is 0. The van der Waals surface area contributed by atoms with Crippen molar-refractivity contribution in [3.8, 4) is 50.2 Å². The zero-order valence-corrected chi connectivity index (χ0v) is 25.5. The number of benzene rings is 6. The molecule has 0 radical (unpaired) electrons. The minimum Gasteiger partial charge on any atom is -0.309 e. The molecule has 0 bridgehead atoms. The zero-order valence-electron chi connectivity index (χ0n) is 24.7. The van der Waals surface area contributed by atoms with Crippen LogP contribution in [0, 0.1) is 0 Å². The van der Waals surface area contributed by atoms with Gasteiger partial charge in [0.2, 0.25) is 0 Å². The highest BCUT2D eigenvalue weighted by Crippen LogP contribution is 2.41. The summed E-state index contributed by atoms with van der Waals surface area (Å²) in [5, 5.41) is 3.50. The van der Waals surface area contributed by atoms with E-state index >= 15 is 0 Å². The van der Waals surface area contributed by atoms with Crippen LogP contribution in [-0.4, -0.2) is 19.5 Å². The lowest BCUT2D eigenvalue weighted by Gasteiger charge is -2.11. The Morgan fingerprint density at radius 1 is 0.457 bits per heavy atom. The summed E-state index contributed by atoms with van der Waals surface area (Å²) in [6, 6.07) is 54.7. The predicted octanol–water partition coefficient (Wildman–Crippen LogP) is 10.9. The zero-order chi connectivity index (χ0) is 30.5. The Balaban J connectivity index is 1.18. The van der Waals surface area contributed by atoms with Crippen molar-refractivity contribution < 1.29 is 0 Å². The van der Waals surface area contributed by atoms with Gasteiger partial charge < -0.3 is 4.57 Å². The highest BCUT2D eigenvalue weighted by Gasteiger charge is 2.18. The maximum atomic E-state index is 5.03. The SMILES string of the molecule is c1ccc(-c2cc(-c3ccccc3)nc(-c3ccc(-n4c5ccccc5c5c6sc(-c7ccccc7)nc6ccc54)cc3)n2)cc1. The summed E-state index contributed by atoms with van der Waals surface area (Å²) in [6.45, 7) is 0. The van der Waals surface area contributed by atoms with Crippen LogP contribution >= 0.6 is 11.3 Å². The van der Waals surface area contributed by atoms with Gasteiger partial charge >= 0.3 is 0 Å². The van der Waals surface area contributed by atoms with Gasteiger partial charge in [-0.25, -0.2) is 15.0 Å². The van der Waals surface area contributed by atoms with Crippen molar-refractivity contribution in [3.63, 3.8) is 0 Å². The van der Waals surface area contributed by atoms with E-state index in [4.69, 9.17) is 15.0 Å². The molecule has 3 aromatic heterocycles. The van der Waals surface area contributed by atoms with Crippen LogP contribution in [0.4, 0.5) is 0 Å². The Morgan fingerprint density at radius 2 is 1.04 bits per heavy atom. The summed E-state index contributed by atoms with van der Waals surface area (Å²) in [4.78, 5) is 15.1. The predicted molar refractivity (Wildman–Crippen MR) is 191 cm³/mol. The second-order valence-electron chi connectivity index (χ2n) is 11.3. The highest BCUT2D eigenvalue weighted by molar-refractivity contribution is 7.22. The Bertz CT molecular complexity index is 2440. The number of nitrogens with zero attached hydrogens (tertiary/aromatic N) is 4. The van der Waals surface area contributed by atoms with Gasteiger partial charge in [0, 0.05) is 38.7 Å². The minimum atomic E-state index is 0.703. The van der Waals surface area contributed by atoms with Crippen molar-refractivity contribution >= 4 is 43.4 Å². The molecule has 5 heteroatoms. The van der Waals surface area contributed by atoms with Crippen molar-refractivity contribution in [3.05, 3.63) is 158 Å². The topological polar surface area (TPSA) is 43.6 Å². The van der Waals surface area contributed by atoms with E-state index in [0.717, 1.165) is 49.9 Å². The number of rotatable bonds is 5. The van der Waals surface area contributed by atoms with Crippen molar-refractivity contribution in [2.45, 2.75) is 0 Å². The van der Waals surface area contributed by atoms with Crippen LogP contribution in [0.3, 0.4) is 0 Å². The monoisotopic (exact) mass is 606 g/mol. The van der Waals surface area contributed by atoms with Gasteiger partial charge in [0.15, 0.2) is 5.82 Å². The second kappa shape index (κ2) is 10.9. The van der Waals surface area contributed by atoms with Gasteiger partial charge in [0.05, 0.1) is 32.6 Å². The molecule has 0 unspecified atom stereocenters. The van der Waals surface area contributed by atoms with E-state index in [9.17, 15) is 0 Å². The van der Waals surface area contributed by atoms with Crippen LogP contribution in [0.1, 0.15) is 0 Å². The Labute approximate surface area is 269 Å². The summed E-state index contributed by atoms with van der Waals surface area (Å²) in [6.07, 6.45) is 0. The number of para-hydroxylation sites is 1. The molecule has 0 amide bonds. The molecule has 0 aliphatic heterocycles. The van der Waals surface area contributed by atoms with Crippen molar-refractivity contribution in [1.82, 2.24) is 19.5 Å². The van der Waals surface area contributed by atoms with Gasteiger partial charge in [-0.3, -0.25) is 0 Å². The third-order valence-corrected chi connectivity index (χ3v) is 9.60. The normalized spacial score (nSPS) is 11.5. The third-order valence-electron chi connectivity index (χ3n) is 8.46. The first-order valence-corrected chi connectivity index (χ1v) is 16.1. The van der Waals surface area contributed by atoms with Gasteiger partial charge in [-0.2, -0.15) is 0 Å². The van der Waals surface area contributed by atoms with E-state index in [1.54, 1.807) is 11.3 Å². The van der Waals surface area contributed by atoms with Gasteiger partial charge in [0.25, 0.3) is 0 Å². The van der Waals surface area contributed by atoms with Gasteiger partial charge in [-0.1, -0.05) is 109 Å². The van der Waals surface area contributed by atoms with Crippen LogP contribution in [0.5, 0.6) is 0 Å². The number of fused-ring (bicyclic) bond motifs is 5. The average molecular weight is 607 g/mol. The molecule has 0 spiro atoms. The maximum absolute atomic E-state index is 5.03. The molecule has 0 aliphatic carbocycles. The largest absolute Gasteiger partial charge is 0.309 e. The Kier molecular flexibility index (Phi) is 6.28. The minimum absolute atomic E-state index is 0.703. The third kappa shape index (κ3) is 4.48. The standard InChI is InChI=1S/C41H26N4S/c1-4-12-27(13-5-1)34-26-35(28-14-6-2-7-15-28)43-40(42-34)29-20-22-31(23-21-29)45-36-19-11-10-18-32(36)38-37(45)25-24-33-39(38)46-41(44-33)30-16-8-3-9-17-30/h1-26H. The van der Waals surface area contributed by atoms with E-state index < -0.39 is 0 Å². The molecule has 9 rings (SSSR count). The lowest BCUT2D eigenvalue weighted by atomic mass is 10.1. The fourth-order valence-electron chi connectivity index (χ4n) is 6.27. The Morgan fingerprint density at radius 3 is 1.70 bits per heavy atom. The smallest absolute Gasteiger partial charge is 0.160 e. The molecule has 0 aliphatic rings. The van der Waals surface area contributed by atoms with Crippen LogP contribution in [-0.2, 0) is 0 Å². The van der Waals surface area contributed by atoms with Gasteiger partial charge in [-0.15, -0.1) is 11.3 Å². The molecule has 0 atom stereocenters. The highest BCUT2D eigenvalue weighted by atomic mass is 32.1. The van der Waals surface area contributed by atoms with Crippen LogP contribution in [0.2, 0.25) is 0 Å². The molecule has 0 saturated carbocycles. The second-order valence-corrected chi connectivity index (χ2v) is 12.3. The summed E-state index contributed by atoms with van der Waals surface area (Å²) in [5.41, 5.74) is 10.5. The molecule has 0 saturated heterocycles. The first-order chi connectivity index (χ1) is 22.8. The van der Waals surface area contributed by atoms with Gasteiger partial charge in [-0.05, 0) is 48.5 Å². The van der Waals surface area contributed by atoms with Crippen LogP contribution in [0.15, 0.2) is 158 Å². The molecular weight excluding hydrogens is 581 g/mol. The van der Waals surface area contributed by atoms with E-state index in [-0.39, 0.29) is 0 Å². The summed E-state index contributed by atoms with van der Waals surface area (Å²) >= 11 is 1.76. The quantitative estimate of drug-likeness (QED) is 0.196. The van der Waals surface area contributed by atoms with Crippen LogP contribution < -0.4 is 0 Å². The summed E-state index contributed by atoms with van der Waals surface area (Å²) in [5.74, 6) is 0.703. The lowest BCUT2D eigenvalue weighted by Crippen LogP contribution is -1.97. The molecule has 216 valence electrons. The van der Waals surface area contributed by atoms with Crippen molar-refractivity contribution in [2.75, 3.05) is 0 Å². The average Bonchev–Trinajstić information content (AvgIpc) is 3.72. The fraction of sp³-hybridized carbons (Fsp3) is 0. The van der Waals surface area contributed by atoms with Crippen molar-refractivity contribution in [2.24, 2.45) is 0 Å². The van der Waals surface area contributed by atoms with E-state index in [1.807, 2.05) is 42.5 Å². The molecule has 46 heavy (non-hydrogen) atoms.